The summed E-state index contributed by atoms with van der Waals surface area (Å²) in [5, 5.41) is 2.94. The van der Waals surface area contributed by atoms with Crippen LogP contribution in [-0.2, 0) is 22.7 Å². The van der Waals surface area contributed by atoms with E-state index in [0.717, 1.165) is 16.9 Å². The van der Waals surface area contributed by atoms with Crippen molar-refractivity contribution in [2.75, 3.05) is 13.1 Å². The molecule has 2 unspecified atom stereocenters. The molecule has 0 bridgehead atoms. The molecule has 6 nitrogen and oxygen atoms in total. The second kappa shape index (κ2) is 11.0. The lowest BCUT2D eigenvalue weighted by molar-refractivity contribution is -0.150. The third-order valence-corrected chi connectivity index (χ3v) is 6.49. The molecule has 0 saturated carbocycles. The molecule has 0 radical (unpaired) electrons. The molecule has 2 atom stereocenters. The van der Waals surface area contributed by atoms with E-state index in [-0.39, 0.29) is 49.0 Å². The van der Waals surface area contributed by atoms with Crippen LogP contribution in [0.25, 0.3) is 11.3 Å². The summed E-state index contributed by atoms with van der Waals surface area (Å²) in [6.45, 7) is 6.34. The van der Waals surface area contributed by atoms with E-state index in [1.54, 1.807) is 25.0 Å². The van der Waals surface area contributed by atoms with E-state index in [0.29, 0.717) is 6.54 Å². The highest BCUT2D eigenvalue weighted by Gasteiger charge is 2.40. The van der Waals surface area contributed by atoms with E-state index in [9.17, 15) is 18.4 Å². The van der Waals surface area contributed by atoms with Crippen molar-refractivity contribution in [1.29, 1.82) is 0 Å². The van der Waals surface area contributed by atoms with Gasteiger partial charge in [0.05, 0.1) is 6.26 Å². The first-order valence-electron chi connectivity index (χ1n) is 12.1. The molecule has 1 aliphatic heterocycles. The van der Waals surface area contributed by atoms with E-state index in [1.165, 1.54) is 18.2 Å². The van der Waals surface area contributed by atoms with Gasteiger partial charge >= 0.3 is 0 Å². The van der Waals surface area contributed by atoms with Gasteiger partial charge in [-0.2, -0.15) is 0 Å². The largest absolute Gasteiger partial charge is 0.464 e. The number of hydrogen-bond acceptors (Lipinski definition) is 4. The molecule has 1 aliphatic rings. The molecule has 190 valence electrons. The summed E-state index contributed by atoms with van der Waals surface area (Å²) in [5.41, 5.74) is 1.79. The van der Waals surface area contributed by atoms with Gasteiger partial charge in [0.1, 0.15) is 23.4 Å². The molecule has 8 heteroatoms. The molecule has 1 saturated heterocycles. The Kier molecular flexibility index (Phi) is 7.84. The Morgan fingerprint density at radius 2 is 1.72 bits per heavy atom. The minimum Gasteiger partial charge on any atom is -0.464 e. The predicted octanol–water partition coefficient (Wildman–Crippen LogP) is 4.60. The summed E-state index contributed by atoms with van der Waals surface area (Å²) < 4.78 is 34.0. The Balaban J connectivity index is 1.48. The van der Waals surface area contributed by atoms with Crippen molar-refractivity contribution in [3.05, 3.63) is 83.6 Å². The lowest BCUT2D eigenvalue weighted by Gasteiger charge is -2.45. The van der Waals surface area contributed by atoms with Gasteiger partial charge in [-0.05, 0) is 36.8 Å². The van der Waals surface area contributed by atoms with Gasteiger partial charge in [0.25, 0.3) is 0 Å². The molecule has 2 amide bonds. The molecule has 3 aromatic rings. The summed E-state index contributed by atoms with van der Waals surface area (Å²) in [7, 11) is 0. The van der Waals surface area contributed by atoms with E-state index in [4.69, 9.17) is 4.42 Å². The lowest BCUT2D eigenvalue weighted by Crippen LogP contribution is -2.64. The van der Waals surface area contributed by atoms with Crippen molar-refractivity contribution >= 4 is 11.8 Å². The third kappa shape index (κ3) is 5.65. The molecular formula is C28H31F2N3O3. The van der Waals surface area contributed by atoms with Gasteiger partial charge in [-0.1, -0.05) is 44.2 Å². The van der Waals surface area contributed by atoms with Crippen LogP contribution >= 0.6 is 0 Å². The van der Waals surface area contributed by atoms with Crippen LogP contribution in [0.1, 0.15) is 31.9 Å². The van der Waals surface area contributed by atoms with E-state index in [1.807, 2.05) is 48.2 Å². The van der Waals surface area contributed by atoms with Crippen LogP contribution < -0.4 is 5.32 Å². The minimum absolute atomic E-state index is 0.0184. The van der Waals surface area contributed by atoms with Crippen molar-refractivity contribution in [2.24, 2.45) is 5.92 Å². The van der Waals surface area contributed by atoms with Crippen molar-refractivity contribution in [2.45, 2.75) is 45.9 Å². The Hall–Kier alpha value is -3.52. The van der Waals surface area contributed by atoms with Crippen LogP contribution in [-0.4, -0.2) is 46.8 Å². The fourth-order valence-electron chi connectivity index (χ4n) is 4.63. The molecule has 1 N–H and O–H groups in total. The Labute approximate surface area is 209 Å². The first kappa shape index (κ1) is 25.6. The summed E-state index contributed by atoms with van der Waals surface area (Å²) in [6, 6.07) is 14.1. The molecular weight excluding hydrogens is 464 g/mol. The second-order valence-corrected chi connectivity index (χ2v) is 9.55. The van der Waals surface area contributed by atoms with Gasteiger partial charge in [0.2, 0.25) is 11.8 Å². The number of halogens is 2. The smallest absolute Gasteiger partial charge is 0.244 e. The number of nitrogens with zero attached hydrogens (tertiary/aromatic N) is 2. The predicted molar refractivity (Wildman–Crippen MR) is 133 cm³/mol. The monoisotopic (exact) mass is 495 g/mol. The standard InChI is InChI=1S/C28H31F2N3O3/c1-18(2)28(35)33-19(3)15-32(16-22-23(29)6-4-7-24(22)30)17-25(33)27(34)31-14-20-9-11-21(12-10-20)26-8-5-13-36-26/h4-13,18-19,25H,14-17H2,1-3H3,(H,31,34). The number of piperazine rings is 1. The number of nitrogens with one attached hydrogen (secondary N) is 1. The second-order valence-electron chi connectivity index (χ2n) is 9.55. The fraction of sp³-hybridized carbons (Fsp3) is 0.357. The summed E-state index contributed by atoms with van der Waals surface area (Å²) in [4.78, 5) is 29.8. The maximum absolute atomic E-state index is 14.3. The highest BCUT2D eigenvalue weighted by molar-refractivity contribution is 5.89. The molecule has 1 fully saturated rings. The van der Waals surface area contributed by atoms with Gasteiger partial charge in [0.15, 0.2) is 0 Å². The van der Waals surface area contributed by atoms with Crippen molar-refractivity contribution in [1.82, 2.24) is 15.1 Å². The van der Waals surface area contributed by atoms with Gasteiger partial charge in [-0.25, -0.2) is 8.78 Å². The molecule has 0 aliphatic carbocycles. The normalized spacial score (nSPS) is 18.4. The number of rotatable bonds is 7. The zero-order chi connectivity index (χ0) is 25.8. The summed E-state index contributed by atoms with van der Waals surface area (Å²) >= 11 is 0. The fourth-order valence-corrected chi connectivity index (χ4v) is 4.63. The number of carbonyl (C=O) groups is 2. The van der Waals surface area contributed by atoms with Crippen molar-refractivity contribution in [3.8, 4) is 11.3 Å². The maximum Gasteiger partial charge on any atom is 0.244 e. The van der Waals surface area contributed by atoms with E-state index in [2.05, 4.69) is 5.32 Å². The molecule has 0 spiro atoms. The molecule has 4 rings (SSSR count). The maximum atomic E-state index is 14.3. The van der Waals surface area contributed by atoms with Gasteiger partial charge in [-0.15, -0.1) is 0 Å². The third-order valence-electron chi connectivity index (χ3n) is 6.49. The number of benzene rings is 2. The Morgan fingerprint density at radius 1 is 1.03 bits per heavy atom. The topological polar surface area (TPSA) is 65.8 Å². The molecule has 36 heavy (non-hydrogen) atoms. The van der Waals surface area contributed by atoms with Gasteiger partial charge < -0.3 is 14.6 Å². The highest BCUT2D eigenvalue weighted by Crippen LogP contribution is 2.24. The number of furan rings is 1. The quantitative estimate of drug-likeness (QED) is 0.521. The van der Waals surface area contributed by atoms with Crippen LogP contribution in [0.3, 0.4) is 0 Å². The van der Waals surface area contributed by atoms with Crippen LogP contribution in [0.4, 0.5) is 8.78 Å². The average molecular weight is 496 g/mol. The Morgan fingerprint density at radius 3 is 2.33 bits per heavy atom. The lowest BCUT2D eigenvalue weighted by atomic mass is 10.0. The first-order chi connectivity index (χ1) is 17.2. The first-order valence-corrected chi connectivity index (χ1v) is 12.1. The summed E-state index contributed by atoms with van der Waals surface area (Å²) in [6.07, 6.45) is 1.61. The molecule has 2 aromatic carbocycles. The zero-order valence-corrected chi connectivity index (χ0v) is 20.7. The molecule has 1 aromatic heterocycles. The Bertz CT molecular complexity index is 1180. The molecule has 2 heterocycles. The van der Waals surface area contributed by atoms with Gasteiger partial charge in [0, 0.05) is 49.3 Å². The van der Waals surface area contributed by atoms with Crippen molar-refractivity contribution in [3.63, 3.8) is 0 Å². The SMILES string of the molecule is CC(C)C(=O)N1C(C)CN(Cc2c(F)cccc2F)CC1C(=O)NCc1ccc(-c2ccco2)cc1. The van der Waals surface area contributed by atoms with Crippen LogP contribution in [0.2, 0.25) is 0 Å². The average Bonchev–Trinajstić information content (AvgIpc) is 3.39. The van der Waals surface area contributed by atoms with E-state index < -0.39 is 17.7 Å². The zero-order valence-electron chi connectivity index (χ0n) is 20.7. The number of carbonyl (C=O) groups excluding carboxylic acids is 2. The van der Waals surface area contributed by atoms with Crippen LogP contribution in [0.15, 0.2) is 65.3 Å². The van der Waals surface area contributed by atoms with Gasteiger partial charge in [-0.3, -0.25) is 14.5 Å². The number of hydrogen-bond donors (Lipinski definition) is 1. The van der Waals surface area contributed by atoms with E-state index >= 15 is 0 Å². The highest BCUT2D eigenvalue weighted by atomic mass is 19.1. The summed E-state index contributed by atoms with van der Waals surface area (Å²) in [5.74, 6) is -1.19. The number of amides is 2. The van der Waals surface area contributed by atoms with Crippen LogP contribution in [0, 0.1) is 17.6 Å². The van der Waals surface area contributed by atoms with Crippen molar-refractivity contribution < 1.29 is 22.8 Å². The van der Waals surface area contributed by atoms with Crippen LogP contribution in [0.5, 0.6) is 0 Å². The minimum atomic E-state index is -0.777.